The molecule has 0 saturated carbocycles. The summed E-state index contributed by atoms with van der Waals surface area (Å²) in [4.78, 5) is 8.65. The first-order valence-electron chi connectivity index (χ1n) is 4.57. The monoisotopic (exact) mass is 175 g/mol. The Morgan fingerprint density at radius 3 is 3.08 bits per heavy atom. The number of nitrogens with one attached hydrogen (secondary N) is 1. The van der Waals surface area contributed by atoms with Gasteiger partial charge in [-0.05, 0) is 31.0 Å². The van der Waals surface area contributed by atoms with Gasteiger partial charge in [0.25, 0.3) is 0 Å². The fourth-order valence-corrected chi connectivity index (χ4v) is 1.37. The second kappa shape index (κ2) is 3.56. The molecular formula is C10H13N3. The van der Waals surface area contributed by atoms with Crippen LogP contribution in [0.5, 0.6) is 0 Å². The van der Waals surface area contributed by atoms with Crippen molar-refractivity contribution in [1.82, 2.24) is 10.3 Å². The summed E-state index contributed by atoms with van der Waals surface area (Å²) in [6, 6.07) is 4.05. The number of nitrogens with zero attached hydrogens (tertiary/aromatic N) is 2. The topological polar surface area (TPSA) is 37.3 Å². The first-order chi connectivity index (χ1) is 6.36. The molecule has 0 bridgehead atoms. The molecular weight excluding hydrogens is 162 g/mol. The standard InChI is InChI=1S/C10H13N3/c1-8-3-6-11-9(7-8)10-12-4-2-5-13-10/h3,6-7H,2,4-5H2,1H3,(H,12,13). The number of aliphatic imine (C=N–C) groups is 1. The van der Waals surface area contributed by atoms with Gasteiger partial charge >= 0.3 is 0 Å². The minimum absolute atomic E-state index is 0.915. The third-order valence-corrected chi connectivity index (χ3v) is 2.06. The maximum absolute atomic E-state index is 4.38. The molecule has 2 heterocycles. The SMILES string of the molecule is Cc1ccnc(C2=NCCCN2)c1. The normalized spacial score (nSPS) is 16.2. The second-order valence-corrected chi connectivity index (χ2v) is 3.23. The molecule has 0 fully saturated rings. The molecule has 0 atom stereocenters. The van der Waals surface area contributed by atoms with Gasteiger partial charge in [0.05, 0.1) is 0 Å². The maximum atomic E-state index is 4.38. The van der Waals surface area contributed by atoms with E-state index < -0.39 is 0 Å². The van der Waals surface area contributed by atoms with Gasteiger partial charge in [0.15, 0.2) is 0 Å². The summed E-state index contributed by atoms with van der Waals surface area (Å²) in [7, 11) is 0. The van der Waals surface area contributed by atoms with E-state index in [4.69, 9.17) is 0 Å². The summed E-state index contributed by atoms with van der Waals surface area (Å²) < 4.78 is 0. The lowest BCUT2D eigenvalue weighted by Crippen LogP contribution is -2.30. The van der Waals surface area contributed by atoms with Crippen LogP contribution in [0.25, 0.3) is 0 Å². The summed E-state index contributed by atoms with van der Waals surface area (Å²) in [5.74, 6) is 0.940. The number of rotatable bonds is 1. The molecule has 68 valence electrons. The van der Waals surface area contributed by atoms with Gasteiger partial charge in [-0.25, -0.2) is 0 Å². The van der Waals surface area contributed by atoms with Crippen LogP contribution in [0, 0.1) is 6.92 Å². The van der Waals surface area contributed by atoms with Crippen molar-refractivity contribution in [3.05, 3.63) is 29.6 Å². The van der Waals surface area contributed by atoms with Crippen LogP contribution in [0.2, 0.25) is 0 Å². The molecule has 1 aliphatic rings. The van der Waals surface area contributed by atoms with E-state index in [1.165, 1.54) is 5.56 Å². The molecule has 1 N–H and O–H groups in total. The van der Waals surface area contributed by atoms with Gasteiger partial charge in [0, 0.05) is 19.3 Å². The molecule has 0 saturated heterocycles. The number of aryl methyl sites for hydroxylation is 1. The number of pyridine rings is 1. The molecule has 1 aliphatic heterocycles. The Balaban J connectivity index is 2.29. The molecule has 0 spiro atoms. The Morgan fingerprint density at radius 2 is 2.38 bits per heavy atom. The molecule has 0 aromatic carbocycles. The first-order valence-corrected chi connectivity index (χ1v) is 4.57. The van der Waals surface area contributed by atoms with Crippen LogP contribution < -0.4 is 5.32 Å². The van der Waals surface area contributed by atoms with Crippen molar-refractivity contribution in [1.29, 1.82) is 0 Å². The number of hydrogen-bond acceptors (Lipinski definition) is 3. The third-order valence-electron chi connectivity index (χ3n) is 2.06. The highest BCUT2D eigenvalue weighted by Gasteiger charge is 2.07. The largest absolute Gasteiger partial charge is 0.369 e. The zero-order chi connectivity index (χ0) is 9.10. The van der Waals surface area contributed by atoms with Crippen molar-refractivity contribution in [3.63, 3.8) is 0 Å². The predicted octanol–water partition coefficient (Wildman–Crippen LogP) is 1.13. The highest BCUT2D eigenvalue weighted by atomic mass is 15.0. The fraction of sp³-hybridized carbons (Fsp3) is 0.400. The molecule has 3 nitrogen and oxygen atoms in total. The summed E-state index contributed by atoms with van der Waals surface area (Å²) in [6.07, 6.45) is 2.94. The quantitative estimate of drug-likeness (QED) is 0.694. The molecule has 3 heteroatoms. The Labute approximate surface area is 77.9 Å². The lowest BCUT2D eigenvalue weighted by Gasteiger charge is -2.13. The van der Waals surface area contributed by atoms with Crippen LogP contribution in [-0.2, 0) is 0 Å². The van der Waals surface area contributed by atoms with E-state index in [1.807, 2.05) is 12.3 Å². The molecule has 1 aromatic rings. The van der Waals surface area contributed by atoms with Gasteiger partial charge < -0.3 is 5.32 Å². The fourth-order valence-electron chi connectivity index (χ4n) is 1.37. The van der Waals surface area contributed by atoms with Gasteiger partial charge in [-0.2, -0.15) is 0 Å². The Kier molecular flexibility index (Phi) is 2.25. The van der Waals surface area contributed by atoms with Gasteiger partial charge in [-0.3, -0.25) is 9.98 Å². The predicted molar refractivity (Wildman–Crippen MR) is 53.0 cm³/mol. The van der Waals surface area contributed by atoms with E-state index in [1.54, 1.807) is 0 Å². The zero-order valence-electron chi connectivity index (χ0n) is 7.75. The second-order valence-electron chi connectivity index (χ2n) is 3.23. The van der Waals surface area contributed by atoms with Gasteiger partial charge in [-0.15, -0.1) is 0 Å². The van der Waals surface area contributed by atoms with E-state index in [2.05, 4.69) is 28.3 Å². The van der Waals surface area contributed by atoms with E-state index in [0.717, 1.165) is 31.0 Å². The molecule has 1 aromatic heterocycles. The van der Waals surface area contributed by atoms with E-state index in [0.29, 0.717) is 0 Å². The van der Waals surface area contributed by atoms with Crippen molar-refractivity contribution in [2.45, 2.75) is 13.3 Å². The third kappa shape index (κ3) is 1.86. The van der Waals surface area contributed by atoms with Crippen molar-refractivity contribution in [2.24, 2.45) is 4.99 Å². The van der Waals surface area contributed by atoms with Crippen LogP contribution >= 0.6 is 0 Å². The lowest BCUT2D eigenvalue weighted by atomic mass is 10.2. The molecule has 0 radical (unpaired) electrons. The number of hydrogen-bond donors (Lipinski definition) is 1. The summed E-state index contributed by atoms with van der Waals surface area (Å²) in [5, 5.41) is 3.25. The maximum Gasteiger partial charge on any atom is 0.147 e. The zero-order valence-corrected chi connectivity index (χ0v) is 7.75. The van der Waals surface area contributed by atoms with Crippen molar-refractivity contribution >= 4 is 5.84 Å². The number of aromatic nitrogens is 1. The highest BCUT2D eigenvalue weighted by molar-refractivity contribution is 5.97. The van der Waals surface area contributed by atoms with Crippen molar-refractivity contribution in [3.8, 4) is 0 Å². The Hall–Kier alpha value is -1.38. The van der Waals surface area contributed by atoms with Gasteiger partial charge in [0.1, 0.15) is 11.5 Å². The van der Waals surface area contributed by atoms with E-state index in [-0.39, 0.29) is 0 Å². The highest BCUT2D eigenvalue weighted by Crippen LogP contribution is 2.02. The van der Waals surface area contributed by atoms with Crippen molar-refractivity contribution in [2.75, 3.05) is 13.1 Å². The van der Waals surface area contributed by atoms with Crippen molar-refractivity contribution < 1.29 is 0 Å². The van der Waals surface area contributed by atoms with Crippen LogP contribution in [-0.4, -0.2) is 23.9 Å². The molecule has 0 aliphatic carbocycles. The lowest BCUT2D eigenvalue weighted by molar-refractivity contribution is 0.740. The van der Waals surface area contributed by atoms with Crippen LogP contribution in [0.15, 0.2) is 23.3 Å². The summed E-state index contributed by atoms with van der Waals surface area (Å²) >= 11 is 0. The summed E-state index contributed by atoms with van der Waals surface area (Å²) in [6.45, 7) is 3.99. The van der Waals surface area contributed by atoms with Crippen LogP contribution in [0.3, 0.4) is 0 Å². The Bertz CT molecular complexity index is 331. The van der Waals surface area contributed by atoms with Gasteiger partial charge in [0.2, 0.25) is 0 Å². The molecule has 0 amide bonds. The average Bonchev–Trinajstić information content (AvgIpc) is 2.19. The van der Waals surface area contributed by atoms with Crippen LogP contribution in [0.4, 0.5) is 0 Å². The number of amidine groups is 1. The van der Waals surface area contributed by atoms with Gasteiger partial charge in [-0.1, -0.05) is 0 Å². The molecule has 0 unspecified atom stereocenters. The minimum Gasteiger partial charge on any atom is -0.369 e. The molecule has 2 rings (SSSR count). The van der Waals surface area contributed by atoms with E-state index >= 15 is 0 Å². The summed E-state index contributed by atoms with van der Waals surface area (Å²) in [5.41, 5.74) is 2.18. The molecule has 13 heavy (non-hydrogen) atoms. The smallest absolute Gasteiger partial charge is 0.147 e. The minimum atomic E-state index is 0.915. The first kappa shape index (κ1) is 8.23. The average molecular weight is 175 g/mol. The Morgan fingerprint density at radius 1 is 1.46 bits per heavy atom. The van der Waals surface area contributed by atoms with Crippen LogP contribution in [0.1, 0.15) is 17.7 Å². The van der Waals surface area contributed by atoms with E-state index in [9.17, 15) is 0 Å².